The lowest BCUT2D eigenvalue weighted by atomic mass is 9.81. The van der Waals surface area contributed by atoms with E-state index in [-0.39, 0.29) is 11.6 Å². The van der Waals surface area contributed by atoms with Crippen molar-refractivity contribution < 1.29 is 9.53 Å². The van der Waals surface area contributed by atoms with Gasteiger partial charge in [0.05, 0.1) is 0 Å². The molecular weight excluding hydrogens is 200 g/mol. The van der Waals surface area contributed by atoms with Gasteiger partial charge in [-0.25, -0.2) is 0 Å². The molecule has 0 aliphatic heterocycles. The summed E-state index contributed by atoms with van der Waals surface area (Å²) in [6, 6.07) is 0. The lowest BCUT2D eigenvalue weighted by molar-refractivity contribution is -0.155. The zero-order chi connectivity index (χ0) is 12.2. The summed E-state index contributed by atoms with van der Waals surface area (Å²) in [5, 5.41) is 0. The number of esters is 1. The van der Waals surface area contributed by atoms with Crippen molar-refractivity contribution in [3.8, 4) is 0 Å². The normalized spacial score (nSPS) is 26.5. The highest BCUT2D eigenvalue weighted by Crippen LogP contribution is 2.31. The molecule has 16 heavy (non-hydrogen) atoms. The third-order valence-corrected chi connectivity index (χ3v) is 3.31. The topological polar surface area (TPSA) is 26.3 Å². The quantitative estimate of drug-likeness (QED) is 0.681. The van der Waals surface area contributed by atoms with Gasteiger partial charge in [0, 0.05) is 6.42 Å². The average Bonchev–Trinajstić information content (AvgIpc) is 2.14. The SMILES string of the molecule is CC1CCC(CCC(=O)OC(C)(C)C)CC1. The lowest BCUT2D eigenvalue weighted by Gasteiger charge is -2.26. The van der Waals surface area contributed by atoms with Gasteiger partial charge in [0.1, 0.15) is 5.60 Å². The molecule has 0 saturated heterocycles. The Morgan fingerprint density at radius 1 is 1.19 bits per heavy atom. The summed E-state index contributed by atoms with van der Waals surface area (Å²) in [5.74, 6) is 1.60. The van der Waals surface area contributed by atoms with Crippen LogP contribution in [0.1, 0.15) is 66.2 Å². The largest absolute Gasteiger partial charge is 0.460 e. The predicted molar refractivity (Wildman–Crippen MR) is 66.2 cm³/mol. The standard InChI is InChI=1S/C14H26O2/c1-11-5-7-12(8-6-11)9-10-13(15)16-14(2,3)4/h11-12H,5-10H2,1-4H3. The number of carbonyl (C=O) groups is 1. The molecule has 2 nitrogen and oxygen atoms in total. The van der Waals surface area contributed by atoms with Gasteiger partial charge in [-0.05, 0) is 39.0 Å². The molecule has 0 atom stereocenters. The Hall–Kier alpha value is -0.530. The van der Waals surface area contributed by atoms with Gasteiger partial charge in [0.15, 0.2) is 0 Å². The van der Waals surface area contributed by atoms with Crippen molar-refractivity contribution in [3.05, 3.63) is 0 Å². The Kier molecular flexibility index (Phi) is 4.82. The predicted octanol–water partition coefficient (Wildman–Crippen LogP) is 3.93. The minimum atomic E-state index is -0.335. The number of hydrogen-bond donors (Lipinski definition) is 0. The van der Waals surface area contributed by atoms with Crippen LogP contribution in [0.25, 0.3) is 0 Å². The van der Waals surface area contributed by atoms with E-state index in [0.29, 0.717) is 6.42 Å². The molecule has 0 unspecified atom stereocenters. The lowest BCUT2D eigenvalue weighted by Crippen LogP contribution is -2.24. The first-order chi connectivity index (χ1) is 7.37. The van der Waals surface area contributed by atoms with Crippen LogP contribution in [0.15, 0.2) is 0 Å². The van der Waals surface area contributed by atoms with Crippen molar-refractivity contribution in [1.29, 1.82) is 0 Å². The van der Waals surface area contributed by atoms with E-state index in [1.807, 2.05) is 20.8 Å². The summed E-state index contributed by atoms with van der Waals surface area (Å²) < 4.78 is 5.31. The molecule has 1 rings (SSSR count). The fourth-order valence-electron chi connectivity index (χ4n) is 2.33. The molecule has 0 bridgehead atoms. The van der Waals surface area contributed by atoms with Crippen molar-refractivity contribution in [1.82, 2.24) is 0 Å². The van der Waals surface area contributed by atoms with Gasteiger partial charge in [-0.3, -0.25) is 4.79 Å². The third-order valence-electron chi connectivity index (χ3n) is 3.31. The van der Waals surface area contributed by atoms with Crippen molar-refractivity contribution in [2.75, 3.05) is 0 Å². The second-order valence-corrected chi connectivity index (χ2v) is 6.25. The van der Waals surface area contributed by atoms with Crippen LogP contribution in [0.5, 0.6) is 0 Å². The average molecular weight is 226 g/mol. The molecule has 94 valence electrons. The Morgan fingerprint density at radius 3 is 2.25 bits per heavy atom. The molecule has 1 aliphatic carbocycles. The Bertz CT molecular complexity index is 219. The second-order valence-electron chi connectivity index (χ2n) is 6.25. The number of rotatable bonds is 3. The molecule has 0 radical (unpaired) electrons. The molecule has 0 heterocycles. The monoisotopic (exact) mass is 226 g/mol. The van der Waals surface area contributed by atoms with E-state index in [1.54, 1.807) is 0 Å². The van der Waals surface area contributed by atoms with Crippen LogP contribution in [0, 0.1) is 11.8 Å². The first kappa shape index (κ1) is 13.5. The molecule has 1 saturated carbocycles. The van der Waals surface area contributed by atoms with Crippen LogP contribution in [0.4, 0.5) is 0 Å². The van der Waals surface area contributed by atoms with Crippen LogP contribution < -0.4 is 0 Å². The summed E-state index contributed by atoms with van der Waals surface area (Å²) in [4.78, 5) is 11.5. The van der Waals surface area contributed by atoms with Gasteiger partial charge in [-0.15, -0.1) is 0 Å². The summed E-state index contributed by atoms with van der Waals surface area (Å²) in [6.45, 7) is 8.09. The maximum absolute atomic E-state index is 11.5. The molecule has 0 aromatic heterocycles. The summed E-state index contributed by atoms with van der Waals surface area (Å²) >= 11 is 0. The molecule has 1 fully saturated rings. The van der Waals surface area contributed by atoms with E-state index in [0.717, 1.165) is 18.3 Å². The minimum Gasteiger partial charge on any atom is -0.460 e. The van der Waals surface area contributed by atoms with Crippen LogP contribution in [0.3, 0.4) is 0 Å². The van der Waals surface area contributed by atoms with Crippen LogP contribution in [0.2, 0.25) is 0 Å². The van der Waals surface area contributed by atoms with Gasteiger partial charge in [-0.1, -0.05) is 32.6 Å². The van der Waals surface area contributed by atoms with Gasteiger partial charge in [-0.2, -0.15) is 0 Å². The van der Waals surface area contributed by atoms with Crippen molar-refractivity contribution in [3.63, 3.8) is 0 Å². The van der Waals surface area contributed by atoms with E-state index >= 15 is 0 Å². The summed E-state index contributed by atoms with van der Waals surface area (Å²) in [5.41, 5.74) is -0.335. The smallest absolute Gasteiger partial charge is 0.306 e. The molecule has 0 aromatic rings. The first-order valence-corrected chi connectivity index (χ1v) is 6.58. The van der Waals surface area contributed by atoms with Crippen LogP contribution in [-0.4, -0.2) is 11.6 Å². The Balaban J connectivity index is 2.17. The number of carbonyl (C=O) groups excluding carboxylic acids is 1. The second kappa shape index (κ2) is 5.70. The summed E-state index contributed by atoms with van der Waals surface area (Å²) in [7, 11) is 0. The fraction of sp³-hybridized carbons (Fsp3) is 0.929. The first-order valence-electron chi connectivity index (χ1n) is 6.58. The van der Waals surface area contributed by atoms with E-state index in [2.05, 4.69) is 6.92 Å². The van der Waals surface area contributed by atoms with Crippen molar-refractivity contribution in [2.24, 2.45) is 11.8 Å². The Labute approximate surface area is 99.8 Å². The van der Waals surface area contributed by atoms with E-state index in [4.69, 9.17) is 4.74 Å². The molecule has 0 N–H and O–H groups in total. The highest BCUT2D eigenvalue weighted by atomic mass is 16.6. The van der Waals surface area contributed by atoms with E-state index < -0.39 is 0 Å². The van der Waals surface area contributed by atoms with Crippen LogP contribution in [-0.2, 0) is 9.53 Å². The summed E-state index contributed by atoms with van der Waals surface area (Å²) in [6.07, 6.45) is 6.86. The maximum Gasteiger partial charge on any atom is 0.306 e. The number of hydrogen-bond acceptors (Lipinski definition) is 2. The maximum atomic E-state index is 11.5. The van der Waals surface area contributed by atoms with Gasteiger partial charge in [0.25, 0.3) is 0 Å². The van der Waals surface area contributed by atoms with Crippen LogP contribution >= 0.6 is 0 Å². The van der Waals surface area contributed by atoms with Gasteiger partial charge >= 0.3 is 5.97 Å². The van der Waals surface area contributed by atoms with Gasteiger partial charge in [0.2, 0.25) is 0 Å². The molecule has 2 heteroatoms. The molecule has 0 aromatic carbocycles. The minimum absolute atomic E-state index is 0.0360. The van der Waals surface area contributed by atoms with Crippen molar-refractivity contribution in [2.45, 2.75) is 71.8 Å². The third kappa shape index (κ3) is 5.53. The van der Waals surface area contributed by atoms with Crippen molar-refractivity contribution >= 4 is 5.97 Å². The molecule has 0 amide bonds. The highest BCUT2D eigenvalue weighted by molar-refractivity contribution is 5.69. The molecular formula is C14H26O2. The molecule has 1 aliphatic rings. The zero-order valence-electron chi connectivity index (χ0n) is 11.2. The Morgan fingerprint density at radius 2 is 1.75 bits per heavy atom. The van der Waals surface area contributed by atoms with E-state index in [9.17, 15) is 4.79 Å². The van der Waals surface area contributed by atoms with Gasteiger partial charge < -0.3 is 4.74 Å². The van der Waals surface area contributed by atoms with E-state index in [1.165, 1.54) is 25.7 Å². The number of ether oxygens (including phenoxy) is 1. The molecule has 0 spiro atoms. The highest BCUT2D eigenvalue weighted by Gasteiger charge is 2.21. The zero-order valence-corrected chi connectivity index (χ0v) is 11.2. The fourth-order valence-corrected chi connectivity index (χ4v) is 2.33.